The van der Waals surface area contributed by atoms with Crippen molar-refractivity contribution in [3.05, 3.63) is 34.9 Å². The second kappa shape index (κ2) is 8.13. The first-order valence-electron chi connectivity index (χ1n) is 7.29. The van der Waals surface area contributed by atoms with E-state index in [2.05, 4.69) is 54.7 Å². The van der Waals surface area contributed by atoms with E-state index in [9.17, 15) is 4.79 Å². The molecule has 1 aliphatic rings. The highest BCUT2D eigenvalue weighted by molar-refractivity contribution is 14.1. The third-order valence-corrected chi connectivity index (χ3v) is 4.22. The summed E-state index contributed by atoms with van der Waals surface area (Å²) in [6.07, 6.45) is 3.04. The molecule has 0 aromatic heterocycles. The number of hydrogen-bond acceptors (Lipinski definition) is 2. The number of carbonyl (C=O) groups excluding carboxylic acids is 1. The molecule has 1 fully saturated rings. The fourth-order valence-electron chi connectivity index (χ4n) is 2.93. The van der Waals surface area contributed by atoms with Crippen LogP contribution in [-0.4, -0.2) is 23.8 Å². The van der Waals surface area contributed by atoms with Crippen LogP contribution < -0.4 is 5.32 Å². The molecule has 0 amide bonds. The largest absolute Gasteiger partial charge is 0.316 e. The third kappa shape index (κ3) is 3.82. The zero-order chi connectivity index (χ0) is 15.2. The van der Waals surface area contributed by atoms with Crippen LogP contribution in [0.1, 0.15) is 47.7 Å². The molecule has 0 radical (unpaired) electrons. The Morgan fingerprint density at radius 3 is 2.50 bits per heavy atom. The van der Waals surface area contributed by atoms with Gasteiger partial charge in [0.05, 0.1) is 0 Å². The Balaban J connectivity index is 0.000000956. The smallest absolute Gasteiger partial charge is 0.170 e. The van der Waals surface area contributed by atoms with Gasteiger partial charge in [-0.15, -0.1) is 0 Å². The summed E-state index contributed by atoms with van der Waals surface area (Å²) in [5, 5.41) is 3.35. The standard InChI is InChI=1S/C16H23NO.CH3I/c1-4-7-16(8-9-17-11-16)15(18)14-6-5-12(2)13(3)10-14;1-2/h5-6,10,17H,4,7-9,11H2,1-3H3;1H3. The van der Waals surface area contributed by atoms with E-state index < -0.39 is 0 Å². The maximum atomic E-state index is 12.8. The lowest BCUT2D eigenvalue weighted by Gasteiger charge is -2.26. The number of ketones is 1. The van der Waals surface area contributed by atoms with Crippen molar-refractivity contribution in [2.45, 2.75) is 40.0 Å². The first kappa shape index (κ1) is 17.6. The third-order valence-electron chi connectivity index (χ3n) is 4.22. The van der Waals surface area contributed by atoms with Crippen LogP contribution in [0, 0.1) is 19.3 Å². The van der Waals surface area contributed by atoms with Crippen LogP contribution in [0.3, 0.4) is 0 Å². The molecule has 0 spiro atoms. The lowest BCUT2D eigenvalue weighted by atomic mass is 9.76. The van der Waals surface area contributed by atoms with Crippen molar-refractivity contribution in [3.63, 3.8) is 0 Å². The van der Waals surface area contributed by atoms with E-state index in [1.807, 2.05) is 17.1 Å². The highest BCUT2D eigenvalue weighted by Crippen LogP contribution is 2.35. The highest BCUT2D eigenvalue weighted by Gasteiger charge is 2.40. The fourth-order valence-corrected chi connectivity index (χ4v) is 2.93. The summed E-state index contributed by atoms with van der Waals surface area (Å²) < 4.78 is 0. The van der Waals surface area contributed by atoms with Crippen LogP contribution in [0.15, 0.2) is 18.2 Å². The summed E-state index contributed by atoms with van der Waals surface area (Å²) in [4.78, 5) is 14.8. The van der Waals surface area contributed by atoms with Gasteiger partial charge >= 0.3 is 0 Å². The first-order chi connectivity index (χ1) is 9.59. The Kier molecular flexibility index (Phi) is 7.17. The van der Waals surface area contributed by atoms with Gasteiger partial charge < -0.3 is 5.32 Å². The summed E-state index contributed by atoms with van der Waals surface area (Å²) >= 11 is 2.15. The van der Waals surface area contributed by atoms with E-state index >= 15 is 0 Å². The van der Waals surface area contributed by atoms with Crippen LogP contribution in [0.25, 0.3) is 0 Å². The molecule has 1 heterocycles. The molecule has 3 heteroatoms. The van der Waals surface area contributed by atoms with Gasteiger partial charge in [-0.1, -0.05) is 48.1 Å². The Hall–Kier alpha value is -0.420. The monoisotopic (exact) mass is 387 g/mol. The lowest BCUT2D eigenvalue weighted by molar-refractivity contribution is 0.0801. The molecule has 0 aliphatic carbocycles. The number of halogens is 1. The van der Waals surface area contributed by atoms with E-state index in [0.717, 1.165) is 37.9 Å². The first-order valence-corrected chi connectivity index (χ1v) is 9.45. The van der Waals surface area contributed by atoms with Gasteiger partial charge in [0, 0.05) is 17.5 Å². The molecule has 0 saturated carbocycles. The minimum atomic E-state index is -0.156. The van der Waals surface area contributed by atoms with Crippen LogP contribution in [-0.2, 0) is 0 Å². The summed E-state index contributed by atoms with van der Waals surface area (Å²) in [5.74, 6) is 0.331. The average Bonchev–Trinajstić information content (AvgIpc) is 2.93. The van der Waals surface area contributed by atoms with Crippen molar-refractivity contribution in [3.8, 4) is 0 Å². The van der Waals surface area contributed by atoms with Crippen LogP contribution in [0.5, 0.6) is 0 Å². The summed E-state index contributed by atoms with van der Waals surface area (Å²) in [5.41, 5.74) is 3.19. The topological polar surface area (TPSA) is 29.1 Å². The summed E-state index contributed by atoms with van der Waals surface area (Å²) in [6, 6.07) is 6.10. The minimum absolute atomic E-state index is 0.156. The molecular formula is C17H26INO. The van der Waals surface area contributed by atoms with Gasteiger partial charge in [-0.25, -0.2) is 0 Å². The Morgan fingerprint density at radius 2 is 2.00 bits per heavy atom. The van der Waals surface area contributed by atoms with E-state index in [1.165, 1.54) is 11.1 Å². The normalized spacial score (nSPS) is 21.2. The fraction of sp³-hybridized carbons (Fsp3) is 0.588. The van der Waals surface area contributed by atoms with Gasteiger partial charge in [0.1, 0.15) is 0 Å². The number of Topliss-reactive ketones (excluding diaryl/α,β-unsaturated/α-hetero) is 1. The average molecular weight is 387 g/mol. The predicted molar refractivity (Wildman–Crippen MR) is 95.0 cm³/mol. The van der Waals surface area contributed by atoms with Crippen molar-refractivity contribution >= 4 is 28.4 Å². The maximum absolute atomic E-state index is 12.8. The molecule has 112 valence electrons. The zero-order valence-electron chi connectivity index (χ0n) is 13.1. The molecule has 1 aromatic rings. The van der Waals surface area contributed by atoms with Crippen molar-refractivity contribution in [2.75, 3.05) is 18.0 Å². The van der Waals surface area contributed by atoms with E-state index in [1.54, 1.807) is 0 Å². The highest BCUT2D eigenvalue weighted by atomic mass is 127. The van der Waals surface area contributed by atoms with Gasteiger partial charge in [-0.05, 0) is 55.4 Å². The molecule has 0 bridgehead atoms. The van der Waals surface area contributed by atoms with E-state index in [0.29, 0.717) is 5.78 Å². The second-order valence-corrected chi connectivity index (χ2v) is 5.59. The predicted octanol–water partition coefficient (Wildman–Crippen LogP) is 4.32. The molecule has 20 heavy (non-hydrogen) atoms. The number of nitrogens with one attached hydrogen (secondary N) is 1. The van der Waals surface area contributed by atoms with Crippen LogP contribution in [0.4, 0.5) is 0 Å². The van der Waals surface area contributed by atoms with E-state index in [-0.39, 0.29) is 5.41 Å². The molecule has 1 atom stereocenters. The number of carbonyl (C=O) groups is 1. The maximum Gasteiger partial charge on any atom is 0.170 e. The van der Waals surface area contributed by atoms with Gasteiger partial charge in [-0.3, -0.25) is 4.79 Å². The number of alkyl halides is 1. The Labute approximate surface area is 136 Å². The molecule has 2 rings (SSSR count). The lowest BCUT2D eigenvalue weighted by Crippen LogP contribution is -2.33. The molecule has 1 saturated heterocycles. The molecule has 1 aliphatic heterocycles. The molecule has 1 aromatic carbocycles. The number of benzene rings is 1. The van der Waals surface area contributed by atoms with E-state index in [4.69, 9.17) is 0 Å². The summed E-state index contributed by atoms with van der Waals surface area (Å²) in [6.45, 7) is 8.13. The molecule has 2 nitrogen and oxygen atoms in total. The van der Waals surface area contributed by atoms with Crippen LogP contribution in [0.2, 0.25) is 0 Å². The van der Waals surface area contributed by atoms with Gasteiger partial charge in [-0.2, -0.15) is 0 Å². The Morgan fingerprint density at radius 1 is 1.30 bits per heavy atom. The minimum Gasteiger partial charge on any atom is -0.316 e. The van der Waals surface area contributed by atoms with Crippen molar-refractivity contribution < 1.29 is 4.79 Å². The second-order valence-electron chi connectivity index (χ2n) is 5.59. The van der Waals surface area contributed by atoms with Crippen molar-refractivity contribution in [1.82, 2.24) is 5.32 Å². The van der Waals surface area contributed by atoms with Gasteiger partial charge in [0.2, 0.25) is 0 Å². The number of aryl methyl sites for hydroxylation is 2. The molecule has 1 N–H and O–H groups in total. The number of hydrogen-bond donors (Lipinski definition) is 1. The summed E-state index contributed by atoms with van der Waals surface area (Å²) in [7, 11) is 0. The van der Waals surface area contributed by atoms with Gasteiger partial charge in [0.15, 0.2) is 5.78 Å². The quantitative estimate of drug-likeness (QED) is 0.474. The molecule has 1 unspecified atom stereocenters. The Bertz CT molecular complexity index is 450. The van der Waals surface area contributed by atoms with Crippen molar-refractivity contribution in [2.24, 2.45) is 5.41 Å². The number of rotatable bonds is 4. The SMILES string of the molecule is CCCC1(C(=O)c2ccc(C)c(C)c2)CCNC1.CI. The molecular weight excluding hydrogens is 361 g/mol. The van der Waals surface area contributed by atoms with Gasteiger partial charge in [0.25, 0.3) is 0 Å². The van der Waals surface area contributed by atoms with Crippen molar-refractivity contribution in [1.29, 1.82) is 0 Å². The zero-order valence-corrected chi connectivity index (χ0v) is 15.2. The van der Waals surface area contributed by atoms with Crippen LogP contribution >= 0.6 is 22.6 Å².